The van der Waals surface area contributed by atoms with Gasteiger partial charge in [0.1, 0.15) is 11.3 Å². The van der Waals surface area contributed by atoms with Gasteiger partial charge in [-0.1, -0.05) is 12.1 Å². The van der Waals surface area contributed by atoms with E-state index in [0.29, 0.717) is 0 Å². The van der Waals surface area contributed by atoms with E-state index in [0.717, 1.165) is 50.7 Å². The fourth-order valence-corrected chi connectivity index (χ4v) is 3.50. The molecular weight excluding hydrogens is 362 g/mol. The van der Waals surface area contributed by atoms with E-state index in [-0.39, 0.29) is 6.04 Å². The molecule has 2 aromatic carbocycles. The van der Waals surface area contributed by atoms with Gasteiger partial charge in [-0.05, 0) is 55.3 Å². The van der Waals surface area contributed by atoms with Crippen LogP contribution in [0.2, 0.25) is 0 Å². The molecular formula is C24H26N3O2+. The third-order valence-corrected chi connectivity index (χ3v) is 5.42. The molecule has 1 atom stereocenters. The highest BCUT2D eigenvalue weighted by Crippen LogP contribution is 2.28. The summed E-state index contributed by atoms with van der Waals surface area (Å²) >= 11 is 0. The molecule has 4 aromatic rings. The molecule has 2 heterocycles. The number of aromatic nitrogens is 2. The number of methoxy groups -OCH3 is 1. The molecule has 0 spiro atoms. The van der Waals surface area contributed by atoms with Crippen LogP contribution in [0, 0.1) is 13.8 Å². The van der Waals surface area contributed by atoms with E-state index < -0.39 is 0 Å². The molecule has 0 saturated heterocycles. The predicted molar refractivity (Wildman–Crippen MR) is 115 cm³/mol. The molecule has 0 aliphatic rings. The van der Waals surface area contributed by atoms with Gasteiger partial charge < -0.3 is 9.15 Å². The molecule has 0 fully saturated rings. The molecule has 4 rings (SSSR count). The zero-order valence-corrected chi connectivity index (χ0v) is 17.5. The smallest absolute Gasteiger partial charge is 0.235 e. The van der Waals surface area contributed by atoms with Gasteiger partial charge in [-0.2, -0.15) is 0 Å². The van der Waals surface area contributed by atoms with Crippen LogP contribution in [0.5, 0.6) is 5.75 Å². The Kier molecular flexibility index (Phi) is 4.97. The van der Waals surface area contributed by atoms with Crippen molar-refractivity contribution < 1.29 is 13.7 Å². The van der Waals surface area contributed by atoms with Crippen LogP contribution in [0.4, 0.5) is 5.82 Å². The standard InChI is InChI=1S/C24H25N3O2/c1-15-14-29-23-10-9-19(12-21(15)23)22-13-24(27(4)17(3)26-22)25-16(2)18-7-6-8-20(11-18)28-5/h6-14,16H,1-5H3/p+1. The minimum atomic E-state index is 0.115. The zero-order valence-electron chi connectivity index (χ0n) is 17.5. The van der Waals surface area contributed by atoms with E-state index in [1.54, 1.807) is 13.4 Å². The number of aryl methyl sites for hydroxylation is 2. The summed E-state index contributed by atoms with van der Waals surface area (Å²) in [4.78, 5) is 4.80. The lowest BCUT2D eigenvalue weighted by atomic mass is 10.1. The Balaban J connectivity index is 1.70. The Morgan fingerprint density at radius 2 is 1.93 bits per heavy atom. The molecule has 5 heteroatoms. The summed E-state index contributed by atoms with van der Waals surface area (Å²) in [6.07, 6.45) is 1.79. The summed E-state index contributed by atoms with van der Waals surface area (Å²) in [7, 11) is 3.71. The lowest BCUT2D eigenvalue weighted by Crippen LogP contribution is -2.37. The third kappa shape index (κ3) is 3.68. The zero-order chi connectivity index (χ0) is 20.5. The van der Waals surface area contributed by atoms with Crippen LogP contribution in [0.25, 0.3) is 22.2 Å². The summed E-state index contributed by atoms with van der Waals surface area (Å²) in [6, 6.07) is 16.6. The van der Waals surface area contributed by atoms with Gasteiger partial charge in [-0.3, -0.25) is 5.32 Å². The number of hydrogen-bond acceptors (Lipinski definition) is 4. The minimum absolute atomic E-state index is 0.115. The average Bonchev–Trinajstić information content (AvgIpc) is 3.11. The van der Waals surface area contributed by atoms with Crippen molar-refractivity contribution in [3.8, 4) is 17.0 Å². The van der Waals surface area contributed by atoms with Gasteiger partial charge in [0.25, 0.3) is 0 Å². The maximum Gasteiger partial charge on any atom is 0.235 e. The second-order valence-electron chi connectivity index (χ2n) is 7.41. The molecule has 1 N–H and O–H groups in total. The van der Waals surface area contributed by atoms with Crippen LogP contribution in [-0.4, -0.2) is 12.1 Å². The van der Waals surface area contributed by atoms with Crippen LogP contribution in [0.1, 0.15) is 29.9 Å². The van der Waals surface area contributed by atoms with Crippen molar-refractivity contribution in [1.29, 1.82) is 0 Å². The number of nitrogens with zero attached hydrogens (tertiary/aromatic N) is 2. The number of rotatable bonds is 5. The van der Waals surface area contributed by atoms with E-state index in [1.807, 2.05) is 32.2 Å². The quantitative estimate of drug-likeness (QED) is 0.482. The van der Waals surface area contributed by atoms with Gasteiger partial charge in [0.15, 0.2) is 5.69 Å². The summed E-state index contributed by atoms with van der Waals surface area (Å²) in [5, 5.41) is 4.74. The molecule has 5 nitrogen and oxygen atoms in total. The summed E-state index contributed by atoms with van der Waals surface area (Å²) in [5.74, 6) is 2.80. The Bertz CT molecular complexity index is 1180. The fourth-order valence-electron chi connectivity index (χ4n) is 3.50. The first-order valence-corrected chi connectivity index (χ1v) is 9.72. The first-order valence-electron chi connectivity index (χ1n) is 9.72. The molecule has 0 saturated carbocycles. The number of ether oxygens (including phenoxy) is 1. The van der Waals surface area contributed by atoms with Gasteiger partial charge in [-0.15, -0.1) is 4.98 Å². The van der Waals surface area contributed by atoms with E-state index >= 15 is 0 Å². The lowest BCUT2D eigenvalue weighted by molar-refractivity contribution is -0.666. The minimum Gasteiger partial charge on any atom is -0.497 e. The Labute approximate surface area is 171 Å². The third-order valence-electron chi connectivity index (χ3n) is 5.42. The van der Waals surface area contributed by atoms with E-state index in [1.165, 1.54) is 0 Å². The van der Waals surface area contributed by atoms with Crippen LogP contribution >= 0.6 is 0 Å². The monoisotopic (exact) mass is 388 g/mol. The van der Waals surface area contributed by atoms with Crippen molar-refractivity contribution in [2.24, 2.45) is 7.05 Å². The summed E-state index contributed by atoms with van der Waals surface area (Å²) in [5.41, 5.74) is 5.20. The highest BCUT2D eigenvalue weighted by atomic mass is 16.5. The first kappa shape index (κ1) is 19.0. The molecule has 0 radical (unpaired) electrons. The topological polar surface area (TPSA) is 51.2 Å². The van der Waals surface area contributed by atoms with Crippen LogP contribution in [-0.2, 0) is 7.05 Å². The second kappa shape index (κ2) is 7.59. The Hall–Kier alpha value is -3.34. The summed E-state index contributed by atoms with van der Waals surface area (Å²) in [6.45, 7) is 6.22. The van der Waals surface area contributed by atoms with Crippen molar-refractivity contribution in [1.82, 2.24) is 4.98 Å². The van der Waals surface area contributed by atoms with Gasteiger partial charge in [0.05, 0.1) is 32.5 Å². The number of benzene rings is 2. The highest BCUT2D eigenvalue weighted by molar-refractivity contribution is 5.85. The molecule has 0 aliphatic heterocycles. The Morgan fingerprint density at radius 3 is 2.72 bits per heavy atom. The molecule has 1 unspecified atom stereocenters. The van der Waals surface area contributed by atoms with Crippen LogP contribution < -0.4 is 14.6 Å². The van der Waals surface area contributed by atoms with Gasteiger partial charge in [0, 0.05) is 17.9 Å². The normalized spacial score (nSPS) is 12.2. The molecule has 148 valence electrons. The maximum atomic E-state index is 5.58. The van der Waals surface area contributed by atoms with E-state index in [9.17, 15) is 0 Å². The van der Waals surface area contributed by atoms with Gasteiger partial charge in [-0.25, -0.2) is 4.57 Å². The number of hydrogen-bond donors (Lipinski definition) is 1. The van der Waals surface area contributed by atoms with Crippen molar-refractivity contribution in [2.75, 3.05) is 12.4 Å². The Morgan fingerprint density at radius 1 is 1.10 bits per heavy atom. The van der Waals surface area contributed by atoms with Crippen molar-refractivity contribution in [3.05, 3.63) is 71.7 Å². The molecule has 0 aliphatic carbocycles. The van der Waals surface area contributed by atoms with E-state index in [4.69, 9.17) is 14.1 Å². The predicted octanol–water partition coefficient (Wildman–Crippen LogP) is 5.12. The number of anilines is 1. The number of fused-ring (bicyclic) bond motifs is 1. The SMILES string of the molecule is COc1cccc(C(C)Nc2cc(-c3ccc4occ(C)c4c3)nc(C)[n+]2C)c1. The second-order valence-corrected chi connectivity index (χ2v) is 7.41. The number of furan rings is 1. The van der Waals surface area contributed by atoms with Crippen molar-refractivity contribution in [3.63, 3.8) is 0 Å². The van der Waals surface area contributed by atoms with Gasteiger partial charge in [0.2, 0.25) is 11.6 Å². The van der Waals surface area contributed by atoms with Crippen molar-refractivity contribution in [2.45, 2.75) is 26.8 Å². The summed E-state index contributed by atoms with van der Waals surface area (Å²) < 4.78 is 13.0. The average molecular weight is 388 g/mol. The van der Waals surface area contributed by atoms with Gasteiger partial charge >= 0.3 is 0 Å². The fraction of sp³-hybridized carbons (Fsp3) is 0.250. The first-order chi connectivity index (χ1) is 14.0. The van der Waals surface area contributed by atoms with Crippen LogP contribution in [0.3, 0.4) is 0 Å². The maximum absolute atomic E-state index is 5.58. The highest BCUT2D eigenvalue weighted by Gasteiger charge is 2.18. The molecule has 29 heavy (non-hydrogen) atoms. The molecule has 0 bridgehead atoms. The molecule has 0 amide bonds. The largest absolute Gasteiger partial charge is 0.497 e. The van der Waals surface area contributed by atoms with E-state index in [2.05, 4.69) is 54.1 Å². The molecule has 2 aromatic heterocycles. The van der Waals surface area contributed by atoms with Crippen molar-refractivity contribution >= 4 is 16.8 Å². The van der Waals surface area contributed by atoms with Crippen LogP contribution in [0.15, 0.2) is 59.2 Å². The number of nitrogens with one attached hydrogen (secondary N) is 1. The lowest BCUT2D eigenvalue weighted by Gasteiger charge is -2.15.